The van der Waals surface area contributed by atoms with E-state index in [-0.39, 0.29) is 19.3 Å². The lowest BCUT2D eigenvalue weighted by molar-refractivity contribution is -0.197. The van der Waals surface area contributed by atoms with Crippen LogP contribution in [-0.4, -0.2) is 32.4 Å². The molecule has 90 valence electrons. The third-order valence-electron chi connectivity index (χ3n) is 2.28. The van der Waals surface area contributed by atoms with Gasteiger partial charge in [0.1, 0.15) is 0 Å². The zero-order valence-electron chi connectivity index (χ0n) is 9.25. The molecule has 2 rings (SSSR count). The first-order valence-corrected chi connectivity index (χ1v) is 5.09. The Morgan fingerprint density at radius 2 is 2.06 bits per heavy atom. The van der Waals surface area contributed by atoms with Crippen LogP contribution >= 0.6 is 0 Å². The number of imide groups is 1. The third-order valence-corrected chi connectivity index (χ3v) is 2.28. The molecule has 0 aromatic carbocycles. The third kappa shape index (κ3) is 2.49. The molecule has 0 saturated carbocycles. The van der Waals surface area contributed by atoms with E-state index in [0.29, 0.717) is 10.8 Å². The highest BCUT2D eigenvalue weighted by Crippen LogP contribution is 2.12. The van der Waals surface area contributed by atoms with Gasteiger partial charge < -0.3 is 9.40 Å². The second-order valence-electron chi connectivity index (χ2n) is 3.75. The fourth-order valence-corrected chi connectivity index (χ4v) is 1.50. The van der Waals surface area contributed by atoms with Gasteiger partial charge in [0.15, 0.2) is 0 Å². The van der Waals surface area contributed by atoms with Crippen LogP contribution < -0.4 is 0 Å². The summed E-state index contributed by atoms with van der Waals surface area (Å²) in [6.07, 6.45) is 3.33. The molecule has 1 aliphatic rings. The number of aryl methyl sites for hydroxylation is 1. The quantitative estimate of drug-likeness (QED) is 0.666. The number of hydrogen-bond donors (Lipinski definition) is 0. The Balaban J connectivity index is 1.93. The summed E-state index contributed by atoms with van der Waals surface area (Å²) < 4.78 is 1.69. The molecule has 17 heavy (non-hydrogen) atoms. The SMILES string of the molecule is Cn1cnc(CC(=O)ON2C(=O)CCC2=O)c1. The smallest absolute Gasteiger partial charge is 0.339 e. The van der Waals surface area contributed by atoms with Crippen molar-refractivity contribution in [3.8, 4) is 0 Å². The summed E-state index contributed by atoms with van der Waals surface area (Å²) >= 11 is 0. The zero-order chi connectivity index (χ0) is 12.4. The molecule has 0 atom stereocenters. The van der Waals surface area contributed by atoms with Gasteiger partial charge in [0, 0.05) is 26.1 Å². The van der Waals surface area contributed by atoms with Crippen LogP contribution in [0.3, 0.4) is 0 Å². The summed E-state index contributed by atoms with van der Waals surface area (Å²) in [7, 11) is 1.77. The molecule has 1 saturated heterocycles. The monoisotopic (exact) mass is 237 g/mol. The van der Waals surface area contributed by atoms with Gasteiger partial charge in [-0.25, -0.2) is 9.78 Å². The first-order chi connectivity index (χ1) is 8.06. The number of aromatic nitrogens is 2. The second-order valence-corrected chi connectivity index (χ2v) is 3.75. The van der Waals surface area contributed by atoms with Crippen molar-refractivity contribution in [3.63, 3.8) is 0 Å². The molecule has 7 heteroatoms. The number of amides is 2. The lowest BCUT2D eigenvalue weighted by atomic mass is 10.3. The lowest BCUT2D eigenvalue weighted by Gasteiger charge is -2.11. The zero-order valence-corrected chi connectivity index (χ0v) is 9.25. The summed E-state index contributed by atoms with van der Waals surface area (Å²) in [5.41, 5.74) is 0.525. The van der Waals surface area contributed by atoms with Crippen molar-refractivity contribution in [2.24, 2.45) is 7.05 Å². The van der Waals surface area contributed by atoms with E-state index in [1.165, 1.54) is 0 Å². The molecule has 0 radical (unpaired) electrons. The van der Waals surface area contributed by atoms with Crippen LogP contribution in [0.1, 0.15) is 18.5 Å². The second kappa shape index (κ2) is 4.36. The number of hydrogen-bond acceptors (Lipinski definition) is 5. The van der Waals surface area contributed by atoms with Crippen molar-refractivity contribution in [2.45, 2.75) is 19.3 Å². The van der Waals surface area contributed by atoms with Gasteiger partial charge in [0.2, 0.25) is 0 Å². The number of hydroxylamine groups is 2. The maximum absolute atomic E-state index is 11.5. The summed E-state index contributed by atoms with van der Waals surface area (Å²) in [5, 5.41) is 0.533. The first-order valence-electron chi connectivity index (χ1n) is 5.09. The summed E-state index contributed by atoms with van der Waals surface area (Å²) in [6.45, 7) is 0. The highest BCUT2D eigenvalue weighted by atomic mass is 16.7. The Bertz CT molecular complexity index is 464. The summed E-state index contributed by atoms with van der Waals surface area (Å²) in [4.78, 5) is 42.5. The van der Waals surface area contributed by atoms with Crippen LogP contribution in [0, 0.1) is 0 Å². The van der Waals surface area contributed by atoms with Crippen LogP contribution in [0.25, 0.3) is 0 Å². The number of rotatable bonds is 3. The molecular weight excluding hydrogens is 226 g/mol. The highest BCUT2D eigenvalue weighted by Gasteiger charge is 2.32. The number of nitrogens with zero attached hydrogens (tertiary/aromatic N) is 3. The molecule has 0 spiro atoms. The Kier molecular flexibility index (Phi) is 2.90. The lowest BCUT2D eigenvalue weighted by Crippen LogP contribution is -2.32. The molecule has 0 N–H and O–H groups in total. The molecule has 1 aromatic heterocycles. The van der Waals surface area contributed by atoms with Crippen molar-refractivity contribution < 1.29 is 19.2 Å². The van der Waals surface area contributed by atoms with E-state index in [1.807, 2.05) is 0 Å². The van der Waals surface area contributed by atoms with Crippen LogP contribution in [-0.2, 0) is 32.7 Å². The fourth-order valence-electron chi connectivity index (χ4n) is 1.50. The molecule has 1 aliphatic heterocycles. The standard InChI is InChI=1S/C10H11N3O4/c1-12-5-7(11-6-12)4-10(16)17-13-8(14)2-3-9(13)15/h5-6H,2-4H2,1H3. The van der Waals surface area contributed by atoms with E-state index in [9.17, 15) is 14.4 Å². The minimum Gasteiger partial charge on any atom is -0.340 e. The molecule has 0 bridgehead atoms. The number of carbonyl (C=O) groups excluding carboxylic acids is 3. The normalized spacial score (nSPS) is 15.5. The van der Waals surface area contributed by atoms with Gasteiger partial charge in [-0.1, -0.05) is 0 Å². The van der Waals surface area contributed by atoms with E-state index in [1.54, 1.807) is 24.1 Å². The molecule has 1 aromatic rings. The van der Waals surface area contributed by atoms with Gasteiger partial charge >= 0.3 is 5.97 Å². The van der Waals surface area contributed by atoms with Crippen molar-refractivity contribution >= 4 is 17.8 Å². The molecule has 2 amide bonds. The highest BCUT2D eigenvalue weighted by molar-refractivity contribution is 6.01. The average Bonchev–Trinajstić information content (AvgIpc) is 2.79. The van der Waals surface area contributed by atoms with Crippen molar-refractivity contribution in [1.82, 2.24) is 14.6 Å². The Hall–Kier alpha value is -2.18. The average molecular weight is 237 g/mol. The van der Waals surface area contributed by atoms with Gasteiger partial charge in [-0.2, -0.15) is 0 Å². The van der Waals surface area contributed by atoms with Gasteiger partial charge in [-0.05, 0) is 0 Å². The molecule has 0 aliphatic carbocycles. The summed E-state index contributed by atoms with van der Waals surface area (Å²) in [5.74, 6) is -1.64. The Morgan fingerprint density at radius 3 is 2.59 bits per heavy atom. The van der Waals surface area contributed by atoms with Gasteiger partial charge in [0.05, 0.1) is 18.4 Å². The van der Waals surface area contributed by atoms with Crippen LogP contribution in [0.4, 0.5) is 0 Å². The van der Waals surface area contributed by atoms with Crippen LogP contribution in [0.2, 0.25) is 0 Å². The van der Waals surface area contributed by atoms with Crippen LogP contribution in [0.5, 0.6) is 0 Å². The minimum absolute atomic E-state index is 0.0715. The Morgan fingerprint density at radius 1 is 1.41 bits per heavy atom. The van der Waals surface area contributed by atoms with Crippen molar-refractivity contribution in [3.05, 3.63) is 18.2 Å². The molecule has 1 fully saturated rings. The van der Waals surface area contributed by atoms with Crippen LogP contribution in [0.15, 0.2) is 12.5 Å². The Labute approximate surface area is 96.9 Å². The number of carbonyl (C=O) groups is 3. The van der Waals surface area contributed by atoms with Gasteiger partial charge in [0.25, 0.3) is 11.8 Å². The van der Waals surface area contributed by atoms with E-state index >= 15 is 0 Å². The number of imidazole rings is 1. The largest absolute Gasteiger partial charge is 0.340 e. The molecular formula is C10H11N3O4. The molecule has 0 unspecified atom stereocenters. The fraction of sp³-hybridized carbons (Fsp3) is 0.400. The predicted octanol–water partition coefficient (Wildman–Crippen LogP) is -0.430. The van der Waals surface area contributed by atoms with E-state index in [4.69, 9.17) is 4.84 Å². The molecule has 7 nitrogen and oxygen atoms in total. The predicted molar refractivity (Wildman–Crippen MR) is 54.1 cm³/mol. The first kappa shape index (κ1) is 11.3. The van der Waals surface area contributed by atoms with E-state index < -0.39 is 17.8 Å². The maximum atomic E-state index is 11.5. The van der Waals surface area contributed by atoms with E-state index in [0.717, 1.165) is 0 Å². The molecule has 2 heterocycles. The maximum Gasteiger partial charge on any atom is 0.339 e. The van der Waals surface area contributed by atoms with Crippen molar-refractivity contribution in [1.29, 1.82) is 0 Å². The minimum atomic E-state index is -0.674. The topological polar surface area (TPSA) is 81.5 Å². The summed E-state index contributed by atoms with van der Waals surface area (Å²) in [6, 6.07) is 0. The van der Waals surface area contributed by atoms with Crippen molar-refractivity contribution in [2.75, 3.05) is 0 Å². The van der Waals surface area contributed by atoms with E-state index in [2.05, 4.69) is 4.98 Å². The van der Waals surface area contributed by atoms with Gasteiger partial charge in [-0.15, -0.1) is 5.06 Å². The van der Waals surface area contributed by atoms with Gasteiger partial charge in [-0.3, -0.25) is 9.59 Å².